The molecule has 0 spiro atoms. The molecular formula is C46H81NO11P+. The first kappa shape index (κ1) is 56.3. The van der Waals surface area contributed by atoms with E-state index in [9.17, 15) is 34.4 Å². The molecule has 0 aromatic carbocycles. The maximum Gasteiger partial charge on any atom is 0.472 e. The van der Waals surface area contributed by atoms with Crippen molar-refractivity contribution in [1.29, 1.82) is 0 Å². The van der Waals surface area contributed by atoms with Crippen molar-refractivity contribution in [2.75, 3.05) is 47.5 Å². The third kappa shape index (κ3) is 39.2. The van der Waals surface area contributed by atoms with Gasteiger partial charge in [0.1, 0.15) is 19.8 Å². The summed E-state index contributed by atoms with van der Waals surface area (Å²) in [7, 11) is 1.27. The smallest absolute Gasteiger partial charge is 0.462 e. The minimum atomic E-state index is -4.46. The molecule has 12 nitrogen and oxygen atoms in total. The van der Waals surface area contributed by atoms with E-state index in [-0.39, 0.29) is 32.3 Å². The average Bonchev–Trinajstić information content (AvgIpc) is 3.17. The summed E-state index contributed by atoms with van der Waals surface area (Å²) < 4.78 is 34.0. The number of allylic oxidation sites excluding steroid dienone is 9. The minimum Gasteiger partial charge on any atom is -0.462 e. The van der Waals surface area contributed by atoms with Gasteiger partial charge in [-0.15, -0.1) is 0 Å². The van der Waals surface area contributed by atoms with E-state index in [2.05, 4.69) is 19.1 Å². The molecule has 0 fully saturated rings. The largest absolute Gasteiger partial charge is 0.472 e. The number of hydrogen-bond acceptors (Lipinski definition) is 10. The Labute approximate surface area is 356 Å². The molecule has 0 bridgehead atoms. The third-order valence-electron chi connectivity index (χ3n) is 9.06. The van der Waals surface area contributed by atoms with Crippen LogP contribution in [0, 0.1) is 0 Å². The van der Waals surface area contributed by atoms with Gasteiger partial charge in [-0.3, -0.25) is 18.6 Å². The van der Waals surface area contributed by atoms with Crippen LogP contribution < -0.4 is 0 Å². The van der Waals surface area contributed by atoms with Gasteiger partial charge in [0.05, 0.1) is 46.1 Å². The zero-order valence-electron chi connectivity index (χ0n) is 37.0. The van der Waals surface area contributed by atoms with Crippen LogP contribution in [0.3, 0.4) is 0 Å². The van der Waals surface area contributed by atoms with Crippen LogP contribution in [0.4, 0.5) is 0 Å². The number of aliphatic hydroxyl groups is 3. The first-order chi connectivity index (χ1) is 28.2. The number of phosphoric acid groups is 1. The van der Waals surface area contributed by atoms with Crippen LogP contribution in [0.5, 0.6) is 0 Å². The Morgan fingerprint density at radius 1 is 0.661 bits per heavy atom. The van der Waals surface area contributed by atoms with Gasteiger partial charge in [0.25, 0.3) is 0 Å². The number of carbonyl (C=O) groups excluding carboxylic acids is 2. The van der Waals surface area contributed by atoms with Crippen LogP contribution in [-0.2, 0) is 32.7 Å². The molecule has 13 heteroatoms. The highest BCUT2D eigenvalue weighted by Gasteiger charge is 2.27. The summed E-state index contributed by atoms with van der Waals surface area (Å²) in [6.07, 6.45) is 34.7. The van der Waals surface area contributed by atoms with Gasteiger partial charge in [0.15, 0.2) is 6.10 Å². The first-order valence-corrected chi connectivity index (χ1v) is 23.5. The molecule has 0 saturated carbocycles. The summed E-state index contributed by atoms with van der Waals surface area (Å²) in [5.41, 5.74) is 0. The van der Waals surface area contributed by atoms with Gasteiger partial charge in [0.2, 0.25) is 0 Å². The van der Waals surface area contributed by atoms with Crippen molar-refractivity contribution < 1.29 is 57.4 Å². The highest BCUT2D eigenvalue weighted by Crippen LogP contribution is 2.43. The lowest BCUT2D eigenvalue weighted by Gasteiger charge is -2.24. The second-order valence-electron chi connectivity index (χ2n) is 15.9. The van der Waals surface area contributed by atoms with Gasteiger partial charge in [-0.25, -0.2) is 4.57 Å². The number of ether oxygens (including phenoxy) is 2. The topological polar surface area (TPSA) is 169 Å². The van der Waals surface area contributed by atoms with E-state index < -0.39 is 57.4 Å². The fraction of sp³-hybridized carbons (Fsp3) is 0.696. The Bertz CT molecular complexity index is 1290. The number of unbranched alkanes of at least 4 members (excludes halogenated alkanes) is 11. The highest BCUT2D eigenvalue weighted by molar-refractivity contribution is 7.47. The normalized spacial score (nSPS) is 15.9. The molecule has 0 radical (unpaired) electrons. The van der Waals surface area contributed by atoms with Gasteiger partial charge < -0.3 is 34.2 Å². The molecule has 59 heavy (non-hydrogen) atoms. The molecule has 0 rings (SSSR count). The molecule has 340 valence electrons. The zero-order chi connectivity index (χ0) is 44.0. The SMILES string of the molecule is CC/C=C\C[C@@H](O)/C=C/C=C/C=C\C=C/[C@H](O)[C@@H](O)CCCC(=O)OC[C@H](COP(=O)(O)OCC[N+](C)(C)C)OC(=O)CCCCCCCCC/C=C\CCCCCC. The fourth-order valence-corrected chi connectivity index (χ4v) is 6.21. The van der Waals surface area contributed by atoms with Crippen molar-refractivity contribution in [1.82, 2.24) is 0 Å². The number of carbonyl (C=O) groups is 2. The molecule has 0 aromatic heterocycles. The van der Waals surface area contributed by atoms with Crippen LogP contribution in [0.2, 0.25) is 0 Å². The Balaban J connectivity index is 4.71. The van der Waals surface area contributed by atoms with Crippen molar-refractivity contribution in [3.05, 3.63) is 72.9 Å². The Hall–Kier alpha value is -2.67. The number of aliphatic hydroxyl groups excluding tert-OH is 3. The lowest BCUT2D eigenvalue weighted by atomic mass is 10.1. The predicted octanol–water partition coefficient (Wildman–Crippen LogP) is 9.15. The van der Waals surface area contributed by atoms with E-state index in [1.165, 1.54) is 51.0 Å². The molecule has 0 amide bonds. The molecular weight excluding hydrogens is 773 g/mol. The van der Waals surface area contributed by atoms with Gasteiger partial charge in [-0.2, -0.15) is 0 Å². The third-order valence-corrected chi connectivity index (χ3v) is 10.0. The Morgan fingerprint density at radius 2 is 1.24 bits per heavy atom. The zero-order valence-corrected chi connectivity index (χ0v) is 37.9. The molecule has 0 aliphatic rings. The minimum absolute atomic E-state index is 0.0284. The van der Waals surface area contributed by atoms with Crippen molar-refractivity contribution in [3.8, 4) is 0 Å². The number of nitrogens with zero attached hydrogens (tertiary/aromatic N) is 1. The van der Waals surface area contributed by atoms with Crippen molar-refractivity contribution in [3.63, 3.8) is 0 Å². The molecule has 0 heterocycles. The summed E-state index contributed by atoms with van der Waals surface area (Å²) in [6, 6.07) is 0. The van der Waals surface area contributed by atoms with Crippen LogP contribution in [0.25, 0.3) is 0 Å². The van der Waals surface area contributed by atoms with Crippen LogP contribution >= 0.6 is 7.82 Å². The van der Waals surface area contributed by atoms with E-state index in [1.807, 2.05) is 40.2 Å². The van der Waals surface area contributed by atoms with E-state index in [1.54, 1.807) is 42.5 Å². The molecule has 0 aliphatic carbocycles. The second-order valence-corrected chi connectivity index (χ2v) is 17.4. The average molecular weight is 855 g/mol. The standard InChI is InChI=1S/C46H80NO11P/c1-6-8-10-11-12-13-14-15-16-17-18-19-20-25-29-35-46(52)58-42(40-57-59(53,54)56-38-37-47(3,4)5)39-55-45(51)36-30-34-44(50)43(49)33-28-24-22-21-23-27-32-41(48)31-26-9-7-2/h9,13-14,21-24,26-28,32-33,41-44,48-50H,6-8,10-12,15-20,25,29-31,34-40H2,1-5H3/p+1/b14-13-,23-21+,24-22-,26-9-,32-27+,33-28-/t41-,42-,43+,44+/m1/s1. The quantitative estimate of drug-likeness (QED) is 0.0117. The highest BCUT2D eigenvalue weighted by atomic mass is 31.2. The van der Waals surface area contributed by atoms with E-state index in [4.69, 9.17) is 18.5 Å². The first-order valence-electron chi connectivity index (χ1n) is 22.0. The number of phosphoric ester groups is 1. The molecule has 1 unspecified atom stereocenters. The lowest BCUT2D eigenvalue weighted by molar-refractivity contribution is -0.870. The summed E-state index contributed by atoms with van der Waals surface area (Å²) in [6.45, 7) is 3.79. The van der Waals surface area contributed by atoms with Crippen LogP contribution in [0.1, 0.15) is 136 Å². The van der Waals surface area contributed by atoms with Crippen LogP contribution in [-0.4, -0.2) is 109 Å². The van der Waals surface area contributed by atoms with E-state index in [0.29, 0.717) is 23.9 Å². The van der Waals surface area contributed by atoms with Gasteiger partial charge in [-0.1, -0.05) is 138 Å². The summed E-state index contributed by atoms with van der Waals surface area (Å²) in [5, 5.41) is 30.5. The summed E-state index contributed by atoms with van der Waals surface area (Å²) in [4.78, 5) is 35.4. The lowest BCUT2D eigenvalue weighted by Crippen LogP contribution is -2.37. The van der Waals surface area contributed by atoms with Crippen molar-refractivity contribution in [2.24, 2.45) is 0 Å². The molecule has 0 aromatic rings. The fourth-order valence-electron chi connectivity index (χ4n) is 5.47. The van der Waals surface area contributed by atoms with Crippen molar-refractivity contribution >= 4 is 19.8 Å². The summed E-state index contributed by atoms with van der Waals surface area (Å²) >= 11 is 0. The molecule has 0 aliphatic heterocycles. The Kier molecular flexibility index (Phi) is 35.4. The van der Waals surface area contributed by atoms with Crippen LogP contribution in [0.15, 0.2) is 72.9 Å². The van der Waals surface area contributed by atoms with Gasteiger partial charge in [-0.05, 0) is 57.8 Å². The molecule has 5 atom stereocenters. The van der Waals surface area contributed by atoms with Gasteiger partial charge in [0, 0.05) is 12.8 Å². The van der Waals surface area contributed by atoms with E-state index >= 15 is 0 Å². The number of esters is 2. The maximum atomic E-state index is 12.7. The van der Waals surface area contributed by atoms with Gasteiger partial charge >= 0.3 is 19.8 Å². The second kappa shape index (κ2) is 37.1. The molecule has 4 N–H and O–H groups in total. The van der Waals surface area contributed by atoms with E-state index in [0.717, 1.165) is 38.5 Å². The number of rotatable bonds is 38. The maximum absolute atomic E-state index is 12.7. The summed E-state index contributed by atoms with van der Waals surface area (Å²) in [5.74, 6) is -1.14. The number of hydrogen-bond donors (Lipinski definition) is 4. The monoisotopic (exact) mass is 855 g/mol. The number of quaternary nitrogens is 1. The molecule has 0 saturated heterocycles. The predicted molar refractivity (Wildman–Crippen MR) is 237 cm³/mol. The number of likely N-dealkylation sites (N-methyl/N-ethyl adjacent to an activating group) is 1. The van der Waals surface area contributed by atoms with Crippen molar-refractivity contribution in [2.45, 2.75) is 160 Å². The Morgan fingerprint density at radius 3 is 1.86 bits per heavy atom.